The van der Waals surface area contributed by atoms with Gasteiger partial charge in [-0.1, -0.05) is 27.5 Å². The number of rotatable bonds is 3. The van der Waals surface area contributed by atoms with Crippen molar-refractivity contribution >= 4 is 43.5 Å². The van der Waals surface area contributed by atoms with Crippen LogP contribution in [0.1, 0.15) is 12.8 Å². The topological polar surface area (TPSA) is 74.7 Å². The van der Waals surface area contributed by atoms with Crippen LogP contribution in [0.4, 0.5) is 0 Å². The smallest absolute Gasteiger partial charge is 0.322 e. The first-order valence-corrected chi connectivity index (χ1v) is 8.15. The van der Waals surface area contributed by atoms with Gasteiger partial charge in [0.1, 0.15) is 10.9 Å². The van der Waals surface area contributed by atoms with E-state index in [1.54, 1.807) is 6.07 Å². The number of carboxylic acids is 1. The molecule has 0 aromatic heterocycles. The van der Waals surface area contributed by atoms with Crippen molar-refractivity contribution in [2.45, 2.75) is 23.8 Å². The van der Waals surface area contributed by atoms with Gasteiger partial charge in [0, 0.05) is 11.0 Å². The van der Waals surface area contributed by atoms with E-state index in [-0.39, 0.29) is 16.5 Å². The fourth-order valence-corrected chi connectivity index (χ4v) is 4.75. The molecule has 19 heavy (non-hydrogen) atoms. The quantitative estimate of drug-likeness (QED) is 0.888. The molecule has 5 nitrogen and oxygen atoms in total. The number of benzene rings is 1. The summed E-state index contributed by atoms with van der Waals surface area (Å²) in [5, 5.41) is 9.14. The Labute approximate surface area is 124 Å². The van der Waals surface area contributed by atoms with E-state index >= 15 is 0 Å². The summed E-state index contributed by atoms with van der Waals surface area (Å²) >= 11 is 9.13. The van der Waals surface area contributed by atoms with E-state index < -0.39 is 22.0 Å². The molecule has 1 aliphatic rings. The Kier molecular flexibility index (Phi) is 4.20. The van der Waals surface area contributed by atoms with Crippen LogP contribution in [0.15, 0.2) is 27.6 Å². The van der Waals surface area contributed by atoms with E-state index in [2.05, 4.69) is 15.9 Å². The first-order valence-electron chi connectivity index (χ1n) is 5.54. The summed E-state index contributed by atoms with van der Waals surface area (Å²) in [6.45, 7) is 0.200. The highest BCUT2D eigenvalue weighted by molar-refractivity contribution is 9.10. The maximum absolute atomic E-state index is 12.4. The summed E-state index contributed by atoms with van der Waals surface area (Å²) in [7, 11) is -3.88. The van der Waals surface area contributed by atoms with Gasteiger partial charge in [0.05, 0.1) is 5.02 Å². The lowest BCUT2D eigenvalue weighted by atomic mass is 10.2. The Morgan fingerprint density at radius 1 is 1.47 bits per heavy atom. The first-order chi connectivity index (χ1) is 8.84. The molecule has 104 valence electrons. The Hall–Kier alpha value is -0.630. The van der Waals surface area contributed by atoms with Crippen LogP contribution in [0.2, 0.25) is 5.02 Å². The second-order valence-corrected chi connectivity index (χ2v) is 7.37. The minimum Gasteiger partial charge on any atom is -0.480 e. The molecule has 2 rings (SSSR count). The SMILES string of the molecule is O=C(O)[C@H]1CCCN1S(=O)(=O)c1ccc(Br)cc1Cl. The maximum atomic E-state index is 12.4. The molecule has 0 aliphatic carbocycles. The van der Waals surface area contributed by atoms with Gasteiger partial charge in [-0.15, -0.1) is 0 Å². The fraction of sp³-hybridized carbons (Fsp3) is 0.364. The van der Waals surface area contributed by atoms with E-state index in [9.17, 15) is 13.2 Å². The third-order valence-electron chi connectivity index (χ3n) is 2.97. The molecule has 1 N–H and O–H groups in total. The number of hydrogen-bond acceptors (Lipinski definition) is 3. The molecule has 1 fully saturated rings. The minimum absolute atomic E-state index is 0.0643. The zero-order valence-electron chi connectivity index (χ0n) is 9.71. The van der Waals surface area contributed by atoms with Crippen LogP contribution in [-0.2, 0) is 14.8 Å². The highest BCUT2D eigenvalue weighted by Gasteiger charge is 2.40. The Balaban J connectivity index is 2.45. The van der Waals surface area contributed by atoms with Crippen LogP contribution in [0.5, 0.6) is 0 Å². The Bertz CT molecular complexity index is 619. The van der Waals surface area contributed by atoms with E-state index in [4.69, 9.17) is 16.7 Å². The highest BCUT2D eigenvalue weighted by Crippen LogP contribution is 2.31. The van der Waals surface area contributed by atoms with Crippen LogP contribution < -0.4 is 0 Å². The van der Waals surface area contributed by atoms with E-state index in [0.29, 0.717) is 17.3 Å². The summed E-state index contributed by atoms with van der Waals surface area (Å²) in [6.07, 6.45) is 0.854. The summed E-state index contributed by atoms with van der Waals surface area (Å²) in [4.78, 5) is 11.0. The van der Waals surface area contributed by atoms with Crippen LogP contribution >= 0.6 is 27.5 Å². The molecule has 0 saturated carbocycles. The van der Waals surface area contributed by atoms with Gasteiger partial charge in [-0.2, -0.15) is 4.31 Å². The maximum Gasteiger partial charge on any atom is 0.322 e. The van der Waals surface area contributed by atoms with Gasteiger partial charge in [0.15, 0.2) is 0 Å². The van der Waals surface area contributed by atoms with E-state index in [1.807, 2.05) is 0 Å². The molecule has 0 radical (unpaired) electrons. The predicted molar refractivity (Wildman–Crippen MR) is 73.7 cm³/mol. The Morgan fingerprint density at radius 2 is 2.16 bits per heavy atom. The van der Waals surface area contributed by atoms with Gasteiger partial charge in [0.2, 0.25) is 10.0 Å². The lowest BCUT2D eigenvalue weighted by Gasteiger charge is -2.21. The van der Waals surface area contributed by atoms with Gasteiger partial charge in [-0.05, 0) is 31.0 Å². The zero-order valence-corrected chi connectivity index (χ0v) is 12.9. The van der Waals surface area contributed by atoms with Crippen molar-refractivity contribution in [3.05, 3.63) is 27.7 Å². The van der Waals surface area contributed by atoms with Crippen LogP contribution in [0.25, 0.3) is 0 Å². The van der Waals surface area contributed by atoms with Crippen molar-refractivity contribution in [1.29, 1.82) is 0 Å². The van der Waals surface area contributed by atoms with Gasteiger partial charge < -0.3 is 5.11 Å². The number of sulfonamides is 1. The standard InChI is InChI=1S/C11H11BrClNO4S/c12-7-3-4-10(8(13)6-7)19(17,18)14-5-1-2-9(14)11(15)16/h3-4,6,9H,1-2,5H2,(H,15,16)/t9-/m1/s1. The number of nitrogens with zero attached hydrogens (tertiary/aromatic N) is 1. The van der Waals surface area contributed by atoms with E-state index in [1.165, 1.54) is 12.1 Å². The van der Waals surface area contributed by atoms with Gasteiger partial charge in [-0.3, -0.25) is 4.79 Å². The molecule has 1 aromatic carbocycles. The molecule has 1 saturated heterocycles. The summed E-state index contributed by atoms with van der Waals surface area (Å²) in [5.74, 6) is -1.13. The lowest BCUT2D eigenvalue weighted by Crippen LogP contribution is -2.40. The first kappa shape index (κ1) is 14.8. The van der Waals surface area contributed by atoms with Crippen LogP contribution in [-0.4, -0.2) is 36.4 Å². The molecule has 8 heteroatoms. The van der Waals surface area contributed by atoms with Crippen molar-refractivity contribution in [3.8, 4) is 0 Å². The monoisotopic (exact) mass is 367 g/mol. The average molecular weight is 369 g/mol. The van der Waals surface area contributed by atoms with Crippen molar-refractivity contribution < 1.29 is 18.3 Å². The fourth-order valence-electron chi connectivity index (χ4n) is 2.09. The lowest BCUT2D eigenvalue weighted by molar-refractivity contribution is -0.140. The third-order valence-corrected chi connectivity index (χ3v) is 5.85. The van der Waals surface area contributed by atoms with Crippen molar-refractivity contribution in [3.63, 3.8) is 0 Å². The largest absolute Gasteiger partial charge is 0.480 e. The zero-order chi connectivity index (χ0) is 14.2. The van der Waals surface area contributed by atoms with Gasteiger partial charge in [0.25, 0.3) is 0 Å². The molecule has 0 bridgehead atoms. The molecule has 0 unspecified atom stereocenters. The highest BCUT2D eigenvalue weighted by atomic mass is 79.9. The number of hydrogen-bond donors (Lipinski definition) is 1. The minimum atomic E-state index is -3.88. The number of carboxylic acid groups (broad SMARTS) is 1. The number of aliphatic carboxylic acids is 1. The van der Waals surface area contributed by atoms with Crippen molar-refractivity contribution in [1.82, 2.24) is 4.31 Å². The second-order valence-electron chi connectivity index (χ2n) is 4.19. The van der Waals surface area contributed by atoms with Gasteiger partial charge in [-0.25, -0.2) is 8.42 Å². The Morgan fingerprint density at radius 3 is 2.74 bits per heavy atom. The molecular weight excluding hydrogens is 358 g/mol. The van der Waals surface area contributed by atoms with Crippen molar-refractivity contribution in [2.75, 3.05) is 6.54 Å². The number of carbonyl (C=O) groups is 1. The molecule has 0 spiro atoms. The van der Waals surface area contributed by atoms with Gasteiger partial charge >= 0.3 is 5.97 Å². The summed E-state index contributed by atoms with van der Waals surface area (Å²) in [6, 6.07) is 3.40. The second kappa shape index (κ2) is 5.40. The van der Waals surface area contributed by atoms with Crippen LogP contribution in [0, 0.1) is 0 Å². The summed E-state index contributed by atoms with van der Waals surface area (Å²) in [5.41, 5.74) is 0. The van der Waals surface area contributed by atoms with Crippen LogP contribution in [0.3, 0.4) is 0 Å². The average Bonchev–Trinajstić information content (AvgIpc) is 2.77. The number of halogens is 2. The molecule has 0 amide bonds. The molecule has 1 atom stereocenters. The normalized spacial score (nSPS) is 20.6. The predicted octanol–water partition coefficient (Wildman–Crippen LogP) is 2.34. The molecular formula is C11H11BrClNO4S. The molecule has 1 aliphatic heterocycles. The molecule has 1 aromatic rings. The van der Waals surface area contributed by atoms with E-state index in [0.717, 1.165) is 4.31 Å². The summed E-state index contributed by atoms with van der Waals surface area (Å²) < 4.78 is 26.6. The third kappa shape index (κ3) is 2.79. The molecule has 1 heterocycles. The van der Waals surface area contributed by atoms with Crippen molar-refractivity contribution in [2.24, 2.45) is 0 Å².